The van der Waals surface area contributed by atoms with Gasteiger partial charge in [0, 0.05) is 12.1 Å². The smallest absolute Gasteiger partial charge is 0.0284 e. The van der Waals surface area contributed by atoms with E-state index < -0.39 is 0 Å². The van der Waals surface area contributed by atoms with E-state index in [2.05, 4.69) is 64.8 Å². The van der Waals surface area contributed by atoms with Gasteiger partial charge in [-0.1, -0.05) is 52.3 Å². The van der Waals surface area contributed by atoms with Crippen molar-refractivity contribution in [3.8, 4) is 0 Å². The molecule has 0 spiro atoms. The molecule has 2 bridgehead atoms. The summed E-state index contributed by atoms with van der Waals surface area (Å²) >= 11 is 0. The molecule has 0 N–H and O–H groups in total. The lowest BCUT2D eigenvalue weighted by atomic mass is 9.62. The third kappa shape index (κ3) is 2.79. The minimum Gasteiger partial charge on any atom is -0.297 e. The summed E-state index contributed by atoms with van der Waals surface area (Å²) in [6.07, 6.45) is 10.5. The number of piperidine rings is 1. The third-order valence-corrected chi connectivity index (χ3v) is 7.53. The van der Waals surface area contributed by atoms with E-state index in [0.29, 0.717) is 16.9 Å². The number of nitrogens with zero attached hydrogens (tertiary/aromatic N) is 1. The lowest BCUT2D eigenvalue weighted by Crippen LogP contribution is -2.45. The molecule has 1 fully saturated rings. The Bertz CT molecular complexity index is 722. The van der Waals surface area contributed by atoms with Crippen LogP contribution in [-0.4, -0.2) is 24.0 Å². The first-order chi connectivity index (χ1) is 11.7. The molecule has 1 aromatic carbocycles. The monoisotopic (exact) mass is 337 g/mol. The number of hydrogen-bond donors (Lipinski definition) is 0. The van der Waals surface area contributed by atoms with Crippen molar-refractivity contribution in [1.29, 1.82) is 0 Å². The highest BCUT2D eigenvalue weighted by molar-refractivity contribution is 5.72. The zero-order valence-electron chi connectivity index (χ0n) is 17.1. The van der Waals surface area contributed by atoms with E-state index in [1.54, 1.807) is 16.7 Å². The van der Waals surface area contributed by atoms with Gasteiger partial charge in [0.05, 0.1) is 0 Å². The lowest BCUT2D eigenvalue weighted by molar-refractivity contribution is 0.137. The summed E-state index contributed by atoms with van der Waals surface area (Å²) in [4.78, 5) is 2.62. The van der Waals surface area contributed by atoms with Crippen LogP contribution < -0.4 is 0 Å². The highest BCUT2D eigenvalue weighted by Gasteiger charge is 2.38. The van der Waals surface area contributed by atoms with Gasteiger partial charge in [-0.2, -0.15) is 0 Å². The van der Waals surface area contributed by atoms with Crippen molar-refractivity contribution in [3.63, 3.8) is 0 Å². The number of rotatable bonds is 1. The van der Waals surface area contributed by atoms with Gasteiger partial charge in [0.25, 0.3) is 0 Å². The second-order valence-corrected chi connectivity index (χ2v) is 10.2. The number of aryl methyl sites for hydroxylation is 1. The zero-order chi connectivity index (χ0) is 18.0. The molecule has 2 unspecified atom stereocenters. The van der Waals surface area contributed by atoms with Crippen LogP contribution in [0.2, 0.25) is 0 Å². The average molecular weight is 338 g/mol. The molecule has 2 aliphatic heterocycles. The molecule has 1 aromatic rings. The summed E-state index contributed by atoms with van der Waals surface area (Å²) in [6.45, 7) is 12.1. The SMILES string of the molecule is Cc1cc2c(cc1C1=CC3CCCC(C1)N3C)C(C)(C)CCC2(C)C. The van der Waals surface area contributed by atoms with Gasteiger partial charge in [-0.05, 0) is 84.7 Å². The van der Waals surface area contributed by atoms with Gasteiger partial charge in [-0.25, -0.2) is 0 Å². The predicted molar refractivity (Wildman–Crippen MR) is 108 cm³/mol. The fraction of sp³-hybridized carbons (Fsp3) is 0.667. The largest absolute Gasteiger partial charge is 0.297 e. The van der Waals surface area contributed by atoms with Crippen LogP contribution in [0.15, 0.2) is 18.2 Å². The van der Waals surface area contributed by atoms with Crippen LogP contribution in [0, 0.1) is 6.92 Å². The van der Waals surface area contributed by atoms with E-state index in [0.717, 1.165) is 6.04 Å². The highest BCUT2D eigenvalue weighted by atomic mass is 15.2. The van der Waals surface area contributed by atoms with E-state index in [9.17, 15) is 0 Å². The highest BCUT2D eigenvalue weighted by Crippen LogP contribution is 2.48. The quantitative estimate of drug-likeness (QED) is 0.609. The molecule has 0 saturated carbocycles. The molecular formula is C24H35N. The molecule has 1 heteroatoms. The Hall–Kier alpha value is -1.08. The lowest BCUT2D eigenvalue weighted by Gasteiger charge is -2.44. The number of likely N-dealkylation sites (N-methyl/N-ethyl adjacent to an activating group) is 1. The van der Waals surface area contributed by atoms with Gasteiger partial charge in [0.2, 0.25) is 0 Å². The molecule has 25 heavy (non-hydrogen) atoms. The van der Waals surface area contributed by atoms with E-state index >= 15 is 0 Å². The molecule has 4 rings (SSSR count). The molecule has 0 radical (unpaired) electrons. The number of fused-ring (bicyclic) bond motifs is 3. The zero-order valence-corrected chi connectivity index (χ0v) is 17.1. The minimum atomic E-state index is 0.301. The van der Waals surface area contributed by atoms with Gasteiger partial charge in [0.1, 0.15) is 0 Å². The van der Waals surface area contributed by atoms with Crippen molar-refractivity contribution < 1.29 is 0 Å². The maximum atomic E-state index is 2.62. The van der Waals surface area contributed by atoms with Crippen LogP contribution in [0.5, 0.6) is 0 Å². The molecule has 1 nitrogen and oxygen atoms in total. The van der Waals surface area contributed by atoms with Crippen molar-refractivity contribution in [2.24, 2.45) is 0 Å². The topological polar surface area (TPSA) is 3.24 Å². The molecule has 0 amide bonds. The van der Waals surface area contributed by atoms with Gasteiger partial charge in [-0.15, -0.1) is 0 Å². The molecule has 2 atom stereocenters. The molecule has 3 aliphatic rings. The number of hydrogen-bond acceptors (Lipinski definition) is 1. The first-order valence-corrected chi connectivity index (χ1v) is 10.3. The van der Waals surface area contributed by atoms with Crippen LogP contribution in [0.1, 0.15) is 88.5 Å². The van der Waals surface area contributed by atoms with Crippen molar-refractivity contribution >= 4 is 5.57 Å². The van der Waals surface area contributed by atoms with Crippen LogP contribution in [-0.2, 0) is 10.8 Å². The maximum absolute atomic E-state index is 2.62. The molecule has 1 saturated heterocycles. The minimum absolute atomic E-state index is 0.301. The first-order valence-electron chi connectivity index (χ1n) is 10.3. The predicted octanol–water partition coefficient (Wildman–Crippen LogP) is 5.98. The fourth-order valence-corrected chi connectivity index (χ4v) is 5.51. The molecule has 2 heterocycles. The van der Waals surface area contributed by atoms with Crippen LogP contribution in [0.25, 0.3) is 5.57 Å². The fourth-order valence-electron chi connectivity index (χ4n) is 5.51. The molecule has 0 aromatic heterocycles. The Morgan fingerprint density at radius 3 is 2.24 bits per heavy atom. The van der Waals surface area contributed by atoms with Crippen LogP contribution >= 0.6 is 0 Å². The Labute approximate surface area is 154 Å². The molecule has 1 aliphatic carbocycles. The standard InChI is InChI=1S/C24H35N/c1-16-12-21-22(24(4,5)11-10-23(21,2)3)15-20(16)17-13-18-8-7-9-19(14-17)25(18)6/h12-13,15,18-19H,7-11,14H2,1-6H3. The summed E-state index contributed by atoms with van der Waals surface area (Å²) in [6, 6.07) is 6.51. The van der Waals surface area contributed by atoms with E-state index in [4.69, 9.17) is 0 Å². The van der Waals surface area contributed by atoms with Crippen molar-refractivity contribution in [1.82, 2.24) is 4.90 Å². The van der Waals surface area contributed by atoms with Crippen LogP contribution in [0.4, 0.5) is 0 Å². The van der Waals surface area contributed by atoms with Crippen LogP contribution in [0.3, 0.4) is 0 Å². The van der Waals surface area contributed by atoms with Crippen molar-refractivity contribution in [2.75, 3.05) is 7.05 Å². The normalized spacial score (nSPS) is 30.6. The Balaban J connectivity index is 1.82. The summed E-state index contributed by atoms with van der Waals surface area (Å²) in [5.41, 5.74) is 8.45. The summed E-state index contributed by atoms with van der Waals surface area (Å²) < 4.78 is 0. The second kappa shape index (κ2) is 5.71. The van der Waals surface area contributed by atoms with Crippen molar-refractivity contribution in [3.05, 3.63) is 40.5 Å². The van der Waals surface area contributed by atoms with Gasteiger partial charge in [-0.3, -0.25) is 4.90 Å². The van der Waals surface area contributed by atoms with E-state index in [-0.39, 0.29) is 0 Å². The maximum Gasteiger partial charge on any atom is 0.0284 e. The number of benzene rings is 1. The third-order valence-electron chi connectivity index (χ3n) is 7.53. The van der Waals surface area contributed by atoms with Gasteiger partial charge < -0.3 is 0 Å². The second-order valence-electron chi connectivity index (χ2n) is 10.2. The van der Waals surface area contributed by atoms with E-state index in [1.165, 1.54) is 49.7 Å². The summed E-state index contributed by atoms with van der Waals surface area (Å²) in [7, 11) is 2.33. The van der Waals surface area contributed by atoms with E-state index in [1.807, 2.05) is 0 Å². The Morgan fingerprint density at radius 1 is 0.960 bits per heavy atom. The van der Waals surface area contributed by atoms with Gasteiger partial charge >= 0.3 is 0 Å². The molecule has 136 valence electrons. The first kappa shape index (κ1) is 17.3. The molecular weight excluding hydrogens is 302 g/mol. The summed E-state index contributed by atoms with van der Waals surface area (Å²) in [5.74, 6) is 0. The Kier molecular flexibility index (Phi) is 3.96. The average Bonchev–Trinajstić information content (AvgIpc) is 2.52. The van der Waals surface area contributed by atoms with Crippen molar-refractivity contribution in [2.45, 2.75) is 96.1 Å². The Morgan fingerprint density at radius 2 is 1.60 bits per heavy atom. The summed E-state index contributed by atoms with van der Waals surface area (Å²) in [5, 5.41) is 0. The van der Waals surface area contributed by atoms with Gasteiger partial charge in [0.15, 0.2) is 0 Å².